The molecular formula is C17H36N2. The Morgan fingerprint density at radius 1 is 1.00 bits per heavy atom. The number of nitrogens with one attached hydrogen (secondary N) is 1. The fraction of sp³-hybridized carbons (Fsp3) is 1.00. The maximum Gasteiger partial charge on any atom is 0.00530 e. The Hall–Kier alpha value is -0.0800. The summed E-state index contributed by atoms with van der Waals surface area (Å²) in [6.45, 7) is 17.6. The Kier molecular flexibility index (Phi) is 6.82. The highest BCUT2D eigenvalue weighted by molar-refractivity contribution is 4.90. The van der Waals surface area contributed by atoms with Crippen molar-refractivity contribution < 1.29 is 0 Å². The first-order valence-corrected chi connectivity index (χ1v) is 8.32. The largest absolute Gasteiger partial charge is 0.314 e. The standard InChI is InChI=1S/C17H36N2/c1-14(2)11-19(16(5)6)13-17(9-7-8-10-17)12-18-15(3)4/h14-16,18H,7-13H2,1-6H3. The summed E-state index contributed by atoms with van der Waals surface area (Å²) in [5.41, 5.74) is 0.531. The highest BCUT2D eigenvalue weighted by Crippen LogP contribution is 2.39. The van der Waals surface area contributed by atoms with Crippen LogP contribution in [-0.2, 0) is 0 Å². The summed E-state index contributed by atoms with van der Waals surface area (Å²) in [6, 6.07) is 1.27. The Labute approximate surface area is 121 Å². The summed E-state index contributed by atoms with van der Waals surface area (Å²) < 4.78 is 0. The van der Waals surface area contributed by atoms with Crippen molar-refractivity contribution in [3.05, 3.63) is 0 Å². The molecule has 2 heteroatoms. The van der Waals surface area contributed by atoms with E-state index in [9.17, 15) is 0 Å². The van der Waals surface area contributed by atoms with Crippen molar-refractivity contribution in [3.8, 4) is 0 Å². The minimum absolute atomic E-state index is 0.531. The van der Waals surface area contributed by atoms with Crippen molar-refractivity contribution >= 4 is 0 Å². The SMILES string of the molecule is CC(C)CN(CC1(CNC(C)C)CCCC1)C(C)C. The van der Waals surface area contributed by atoms with Crippen molar-refractivity contribution in [2.24, 2.45) is 11.3 Å². The first-order chi connectivity index (χ1) is 8.84. The molecule has 0 aromatic heterocycles. The molecule has 0 saturated heterocycles. The molecule has 114 valence electrons. The van der Waals surface area contributed by atoms with E-state index in [1.54, 1.807) is 0 Å². The molecule has 0 atom stereocenters. The number of rotatable bonds is 8. The van der Waals surface area contributed by atoms with E-state index in [1.165, 1.54) is 45.3 Å². The van der Waals surface area contributed by atoms with Crippen LogP contribution in [-0.4, -0.2) is 36.6 Å². The second kappa shape index (κ2) is 7.64. The van der Waals surface area contributed by atoms with Gasteiger partial charge >= 0.3 is 0 Å². The average Bonchev–Trinajstić information content (AvgIpc) is 2.74. The summed E-state index contributed by atoms with van der Waals surface area (Å²) in [5, 5.41) is 3.70. The molecule has 1 saturated carbocycles. The molecule has 1 rings (SSSR count). The minimum atomic E-state index is 0.531. The van der Waals surface area contributed by atoms with Gasteiger partial charge in [-0.3, -0.25) is 0 Å². The van der Waals surface area contributed by atoms with E-state index in [2.05, 4.69) is 51.8 Å². The first kappa shape index (κ1) is 17.0. The quantitative estimate of drug-likeness (QED) is 0.718. The normalized spacial score (nSPS) is 19.3. The topological polar surface area (TPSA) is 15.3 Å². The maximum absolute atomic E-state index is 3.70. The van der Waals surface area contributed by atoms with Crippen molar-refractivity contribution in [1.29, 1.82) is 0 Å². The van der Waals surface area contributed by atoms with E-state index in [0.717, 1.165) is 5.92 Å². The average molecular weight is 268 g/mol. The van der Waals surface area contributed by atoms with E-state index in [0.29, 0.717) is 17.5 Å². The lowest BCUT2D eigenvalue weighted by Gasteiger charge is -2.39. The van der Waals surface area contributed by atoms with Crippen molar-refractivity contribution in [3.63, 3.8) is 0 Å². The summed E-state index contributed by atoms with van der Waals surface area (Å²) in [5.74, 6) is 0.763. The van der Waals surface area contributed by atoms with E-state index >= 15 is 0 Å². The van der Waals surface area contributed by atoms with Gasteiger partial charge < -0.3 is 10.2 Å². The Morgan fingerprint density at radius 2 is 1.58 bits per heavy atom. The molecule has 0 unspecified atom stereocenters. The molecular weight excluding hydrogens is 232 g/mol. The van der Waals surface area contributed by atoms with Crippen LogP contribution < -0.4 is 5.32 Å². The molecule has 0 heterocycles. The lowest BCUT2D eigenvalue weighted by molar-refractivity contribution is 0.108. The molecule has 1 N–H and O–H groups in total. The lowest BCUT2D eigenvalue weighted by Crippen LogP contribution is -2.47. The predicted molar refractivity (Wildman–Crippen MR) is 85.6 cm³/mol. The third-order valence-corrected chi connectivity index (χ3v) is 4.42. The Morgan fingerprint density at radius 3 is 2.00 bits per heavy atom. The van der Waals surface area contributed by atoms with Crippen molar-refractivity contribution in [2.45, 2.75) is 79.3 Å². The van der Waals surface area contributed by atoms with Gasteiger partial charge in [0.2, 0.25) is 0 Å². The second-order valence-electron chi connectivity index (χ2n) is 7.66. The van der Waals surface area contributed by atoms with Crippen LogP contribution in [0, 0.1) is 11.3 Å². The molecule has 19 heavy (non-hydrogen) atoms. The summed E-state index contributed by atoms with van der Waals surface area (Å²) in [4.78, 5) is 2.71. The first-order valence-electron chi connectivity index (χ1n) is 8.32. The smallest absolute Gasteiger partial charge is 0.00530 e. The van der Waals surface area contributed by atoms with Gasteiger partial charge in [-0.2, -0.15) is 0 Å². The highest BCUT2D eigenvalue weighted by atomic mass is 15.2. The molecule has 0 aromatic carbocycles. The molecule has 0 amide bonds. The van der Waals surface area contributed by atoms with Gasteiger partial charge in [0.1, 0.15) is 0 Å². The van der Waals surface area contributed by atoms with Crippen molar-refractivity contribution in [1.82, 2.24) is 10.2 Å². The molecule has 1 aliphatic rings. The monoisotopic (exact) mass is 268 g/mol. The molecule has 0 radical (unpaired) electrons. The number of hydrogen-bond acceptors (Lipinski definition) is 2. The number of nitrogens with zero attached hydrogens (tertiary/aromatic N) is 1. The third kappa shape index (κ3) is 5.83. The van der Waals surface area contributed by atoms with Crippen molar-refractivity contribution in [2.75, 3.05) is 19.6 Å². The van der Waals surface area contributed by atoms with Gasteiger partial charge in [-0.05, 0) is 38.0 Å². The van der Waals surface area contributed by atoms with Crippen LogP contribution in [0.3, 0.4) is 0 Å². The van der Waals surface area contributed by atoms with Crippen LogP contribution in [0.1, 0.15) is 67.2 Å². The fourth-order valence-electron chi connectivity index (χ4n) is 3.29. The van der Waals surface area contributed by atoms with Crippen LogP contribution in [0.2, 0.25) is 0 Å². The van der Waals surface area contributed by atoms with Gasteiger partial charge in [0.05, 0.1) is 0 Å². The van der Waals surface area contributed by atoms with Crippen LogP contribution in [0.4, 0.5) is 0 Å². The molecule has 1 fully saturated rings. The lowest BCUT2D eigenvalue weighted by atomic mass is 9.84. The zero-order chi connectivity index (χ0) is 14.5. The third-order valence-electron chi connectivity index (χ3n) is 4.42. The highest BCUT2D eigenvalue weighted by Gasteiger charge is 2.36. The van der Waals surface area contributed by atoms with Gasteiger partial charge in [0.15, 0.2) is 0 Å². The van der Waals surface area contributed by atoms with Gasteiger partial charge in [-0.15, -0.1) is 0 Å². The summed E-state index contributed by atoms with van der Waals surface area (Å²) >= 11 is 0. The van der Waals surface area contributed by atoms with Crippen LogP contribution in [0.15, 0.2) is 0 Å². The molecule has 0 aliphatic heterocycles. The number of hydrogen-bond donors (Lipinski definition) is 1. The molecule has 0 aromatic rings. The van der Waals surface area contributed by atoms with E-state index in [4.69, 9.17) is 0 Å². The molecule has 0 bridgehead atoms. The van der Waals surface area contributed by atoms with Gasteiger partial charge in [0.25, 0.3) is 0 Å². The zero-order valence-corrected chi connectivity index (χ0v) is 14.1. The van der Waals surface area contributed by atoms with E-state index in [-0.39, 0.29) is 0 Å². The maximum atomic E-state index is 3.70. The van der Waals surface area contributed by atoms with Crippen LogP contribution >= 0.6 is 0 Å². The molecule has 2 nitrogen and oxygen atoms in total. The fourth-order valence-corrected chi connectivity index (χ4v) is 3.29. The molecule has 0 spiro atoms. The molecule has 1 aliphatic carbocycles. The minimum Gasteiger partial charge on any atom is -0.314 e. The predicted octanol–water partition coefficient (Wildman–Crippen LogP) is 3.91. The van der Waals surface area contributed by atoms with Crippen LogP contribution in [0.5, 0.6) is 0 Å². The Bertz CT molecular complexity index is 240. The van der Waals surface area contributed by atoms with E-state index < -0.39 is 0 Å². The second-order valence-corrected chi connectivity index (χ2v) is 7.66. The van der Waals surface area contributed by atoms with E-state index in [1.807, 2.05) is 0 Å². The van der Waals surface area contributed by atoms with Gasteiger partial charge in [-0.1, -0.05) is 40.5 Å². The zero-order valence-electron chi connectivity index (χ0n) is 14.1. The van der Waals surface area contributed by atoms with Gasteiger partial charge in [0, 0.05) is 31.7 Å². The van der Waals surface area contributed by atoms with Crippen LogP contribution in [0.25, 0.3) is 0 Å². The summed E-state index contributed by atoms with van der Waals surface area (Å²) in [7, 11) is 0. The Balaban J connectivity index is 2.64. The van der Waals surface area contributed by atoms with Gasteiger partial charge in [-0.25, -0.2) is 0 Å². The summed E-state index contributed by atoms with van der Waals surface area (Å²) in [6.07, 6.45) is 5.67.